The molecule has 4 aromatic rings. The van der Waals surface area contributed by atoms with Crippen molar-refractivity contribution in [2.45, 2.75) is 24.8 Å². The molecule has 4 rings (SSSR count). The van der Waals surface area contributed by atoms with E-state index in [1.54, 1.807) is 24.7 Å². The van der Waals surface area contributed by atoms with Crippen molar-refractivity contribution < 1.29 is 9.26 Å². The van der Waals surface area contributed by atoms with Gasteiger partial charge in [-0.2, -0.15) is 4.98 Å². The molecule has 2 aromatic carbocycles. The van der Waals surface area contributed by atoms with Gasteiger partial charge in [0.15, 0.2) is 11.0 Å². The summed E-state index contributed by atoms with van der Waals surface area (Å²) in [5.74, 6) is 2.05. The van der Waals surface area contributed by atoms with Crippen molar-refractivity contribution in [2.75, 3.05) is 7.11 Å². The standard InChI is InChI=1S/C20H18N4O3S/c1-12-8-9-17(26-3)16(10-12)24-19(25)14-6-4-5-7-15(14)22-20(24)28-11-18-21-13(2)23-27-18/h4-10H,11H2,1-3H3. The van der Waals surface area contributed by atoms with Gasteiger partial charge in [-0.1, -0.05) is 35.1 Å². The molecule has 0 unspecified atom stereocenters. The Balaban J connectivity index is 1.91. The summed E-state index contributed by atoms with van der Waals surface area (Å²) in [5.41, 5.74) is 2.15. The molecule has 7 nitrogen and oxygen atoms in total. The van der Waals surface area contributed by atoms with Gasteiger partial charge in [0.25, 0.3) is 5.56 Å². The van der Waals surface area contributed by atoms with Crippen molar-refractivity contribution in [3.05, 3.63) is 70.1 Å². The van der Waals surface area contributed by atoms with Gasteiger partial charge in [-0.05, 0) is 43.7 Å². The number of para-hydroxylation sites is 1. The summed E-state index contributed by atoms with van der Waals surface area (Å²) >= 11 is 1.36. The smallest absolute Gasteiger partial charge is 0.266 e. The molecule has 0 fully saturated rings. The van der Waals surface area contributed by atoms with Crippen LogP contribution in [0.5, 0.6) is 5.75 Å². The van der Waals surface area contributed by atoms with Crippen LogP contribution in [0, 0.1) is 13.8 Å². The highest BCUT2D eigenvalue weighted by molar-refractivity contribution is 7.98. The molecule has 0 N–H and O–H groups in total. The van der Waals surface area contributed by atoms with Crippen LogP contribution in [0.25, 0.3) is 16.6 Å². The fraction of sp³-hybridized carbons (Fsp3) is 0.200. The van der Waals surface area contributed by atoms with Gasteiger partial charge in [-0.15, -0.1) is 0 Å². The maximum atomic E-state index is 13.3. The van der Waals surface area contributed by atoms with E-state index in [9.17, 15) is 4.79 Å². The fourth-order valence-electron chi connectivity index (χ4n) is 2.92. The zero-order valence-electron chi connectivity index (χ0n) is 15.7. The lowest BCUT2D eigenvalue weighted by atomic mass is 10.2. The Kier molecular flexibility index (Phi) is 4.87. The number of aromatic nitrogens is 4. The molecule has 2 aromatic heterocycles. The molecular weight excluding hydrogens is 376 g/mol. The minimum absolute atomic E-state index is 0.154. The van der Waals surface area contributed by atoms with E-state index in [0.29, 0.717) is 45.0 Å². The second-order valence-corrected chi connectivity index (χ2v) is 7.19. The average molecular weight is 394 g/mol. The molecule has 0 aliphatic rings. The quantitative estimate of drug-likeness (QED) is 0.377. The Bertz CT molecular complexity index is 1220. The predicted molar refractivity (Wildman–Crippen MR) is 107 cm³/mol. The van der Waals surface area contributed by atoms with Crippen LogP contribution in [0.3, 0.4) is 0 Å². The number of rotatable bonds is 5. The average Bonchev–Trinajstić information content (AvgIpc) is 3.12. The number of thioether (sulfide) groups is 1. The second-order valence-electron chi connectivity index (χ2n) is 6.25. The lowest BCUT2D eigenvalue weighted by Crippen LogP contribution is -2.22. The van der Waals surface area contributed by atoms with E-state index in [1.807, 2.05) is 43.3 Å². The number of fused-ring (bicyclic) bond motifs is 1. The summed E-state index contributed by atoms with van der Waals surface area (Å²) < 4.78 is 12.3. The van der Waals surface area contributed by atoms with Gasteiger partial charge in [0.1, 0.15) is 5.75 Å². The first-order chi connectivity index (χ1) is 13.6. The van der Waals surface area contributed by atoms with Crippen LogP contribution in [0.4, 0.5) is 0 Å². The number of nitrogens with zero attached hydrogens (tertiary/aromatic N) is 4. The molecule has 0 amide bonds. The minimum atomic E-state index is -0.154. The van der Waals surface area contributed by atoms with Crippen LogP contribution < -0.4 is 10.3 Å². The molecule has 0 atom stereocenters. The van der Waals surface area contributed by atoms with Crippen molar-refractivity contribution in [3.63, 3.8) is 0 Å². The lowest BCUT2D eigenvalue weighted by molar-refractivity contribution is 0.387. The maximum absolute atomic E-state index is 13.3. The van der Waals surface area contributed by atoms with Crippen LogP contribution in [0.2, 0.25) is 0 Å². The molecule has 0 aliphatic heterocycles. The highest BCUT2D eigenvalue weighted by atomic mass is 32.2. The Morgan fingerprint density at radius 3 is 2.71 bits per heavy atom. The SMILES string of the molecule is COc1ccc(C)cc1-n1c(SCc2nc(C)no2)nc2ccccc2c1=O. The maximum Gasteiger partial charge on any atom is 0.266 e. The number of aryl methyl sites for hydroxylation is 2. The lowest BCUT2D eigenvalue weighted by Gasteiger charge is -2.16. The van der Waals surface area contributed by atoms with E-state index in [1.165, 1.54) is 11.8 Å². The Hall–Kier alpha value is -3.13. The van der Waals surface area contributed by atoms with Gasteiger partial charge in [-0.25, -0.2) is 4.98 Å². The third kappa shape index (κ3) is 3.38. The van der Waals surface area contributed by atoms with Crippen LogP contribution in [0.1, 0.15) is 17.3 Å². The summed E-state index contributed by atoms with van der Waals surface area (Å²) in [5, 5.41) is 4.88. The van der Waals surface area contributed by atoms with Crippen molar-refractivity contribution in [2.24, 2.45) is 0 Å². The Morgan fingerprint density at radius 1 is 1.14 bits per heavy atom. The van der Waals surface area contributed by atoms with E-state index in [2.05, 4.69) is 10.1 Å². The van der Waals surface area contributed by atoms with E-state index >= 15 is 0 Å². The number of ether oxygens (including phenoxy) is 1. The van der Waals surface area contributed by atoms with Gasteiger partial charge >= 0.3 is 0 Å². The third-order valence-electron chi connectivity index (χ3n) is 4.21. The molecule has 2 heterocycles. The number of hydrogen-bond donors (Lipinski definition) is 0. The van der Waals surface area contributed by atoms with Crippen molar-refractivity contribution in [3.8, 4) is 11.4 Å². The zero-order chi connectivity index (χ0) is 19.7. The summed E-state index contributed by atoms with van der Waals surface area (Å²) in [6, 6.07) is 13.0. The largest absolute Gasteiger partial charge is 0.495 e. The summed E-state index contributed by atoms with van der Waals surface area (Å²) in [7, 11) is 1.59. The topological polar surface area (TPSA) is 83.0 Å². The molecule has 0 radical (unpaired) electrons. The summed E-state index contributed by atoms with van der Waals surface area (Å²) in [6.45, 7) is 3.73. The van der Waals surface area contributed by atoms with Crippen LogP contribution in [-0.4, -0.2) is 26.8 Å². The van der Waals surface area contributed by atoms with Crippen LogP contribution >= 0.6 is 11.8 Å². The highest BCUT2D eigenvalue weighted by Crippen LogP contribution is 2.29. The van der Waals surface area contributed by atoms with Gasteiger partial charge in [0.2, 0.25) is 5.89 Å². The van der Waals surface area contributed by atoms with Crippen LogP contribution in [-0.2, 0) is 5.75 Å². The van der Waals surface area contributed by atoms with E-state index in [4.69, 9.17) is 14.2 Å². The van der Waals surface area contributed by atoms with Crippen molar-refractivity contribution >= 4 is 22.7 Å². The zero-order valence-corrected chi connectivity index (χ0v) is 16.5. The van der Waals surface area contributed by atoms with Crippen molar-refractivity contribution in [1.29, 1.82) is 0 Å². The number of hydrogen-bond acceptors (Lipinski definition) is 7. The van der Waals surface area contributed by atoms with E-state index in [0.717, 1.165) is 5.56 Å². The molecule has 0 saturated heterocycles. The summed E-state index contributed by atoms with van der Waals surface area (Å²) in [6.07, 6.45) is 0. The van der Waals surface area contributed by atoms with Crippen LogP contribution in [0.15, 0.2) is 56.9 Å². The molecule has 142 valence electrons. The van der Waals surface area contributed by atoms with Gasteiger partial charge in [0.05, 0.1) is 29.5 Å². The molecule has 0 bridgehead atoms. The monoisotopic (exact) mass is 394 g/mol. The Labute approximate surface area is 165 Å². The van der Waals surface area contributed by atoms with Gasteiger partial charge in [-0.3, -0.25) is 9.36 Å². The fourth-order valence-corrected chi connectivity index (χ4v) is 3.76. The first-order valence-electron chi connectivity index (χ1n) is 8.65. The first kappa shape index (κ1) is 18.2. The number of methoxy groups -OCH3 is 1. The first-order valence-corrected chi connectivity index (χ1v) is 9.64. The molecular formula is C20H18N4O3S. The molecule has 0 aliphatic carbocycles. The predicted octanol–water partition coefficient (Wildman–Crippen LogP) is 3.69. The molecule has 8 heteroatoms. The third-order valence-corrected chi connectivity index (χ3v) is 5.14. The van der Waals surface area contributed by atoms with E-state index in [-0.39, 0.29) is 5.56 Å². The number of benzene rings is 2. The van der Waals surface area contributed by atoms with Gasteiger partial charge < -0.3 is 9.26 Å². The molecule has 0 spiro atoms. The molecule has 0 saturated carbocycles. The van der Waals surface area contributed by atoms with Gasteiger partial charge in [0, 0.05) is 0 Å². The van der Waals surface area contributed by atoms with E-state index < -0.39 is 0 Å². The summed E-state index contributed by atoms with van der Waals surface area (Å²) in [4.78, 5) is 22.3. The normalized spacial score (nSPS) is 11.1. The molecule has 28 heavy (non-hydrogen) atoms. The second kappa shape index (κ2) is 7.47. The Morgan fingerprint density at radius 2 is 1.96 bits per heavy atom. The minimum Gasteiger partial charge on any atom is -0.495 e. The highest BCUT2D eigenvalue weighted by Gasteiger charge is 2.17. The van der Waals surface area contributed by atoms with Crippen molar-refractivity contribution in [1.82, 2.24) is 19.7 Å².